The Labute approximate surface area is 129 Å². The van der Waals surface area contributed by atoms with E-state index in [1.807, 2.05) is 12.1 Å². The third-order valence-corrected chi connectivity index (χ3v) is 3.09. The maximum absolute atomic E-state index is 11.6. The predicted octanol–water partition coefficient (Wildman–Crippen LogP) is 1.90. The van der Waals surface area contributed by atoms with Gasteiger partial charge >= 0.3 is 11.9 Å². The molecule has 1 rings (SSSR count). The van der Waals surface area contributed by atoms with Crippen LogP contribution in [0.1, 0.15) is 18.4 Å². The van der Waals surface area contributed by atoms with Crippen molar-refractivity contribution < 1.29 is 24.6 Å². The number of aliphatic carboxylic acids is 2. The zero-order chi connectivity index (χ0) is 15.8. The van der Waals surface area contributed by atoms with Crippen molar-refractivity contribution in [3.8, 4) is 0 Å². The Balaban J connectivity index is 2.59. The molecule has 7 heteroatoms. The lowest BCUT2D eigenvalue weighted by Crippen LogP contribution is -2.40. The molecule has 0 aliphatic carbocycles. The number of nitrogens with one attached hydrogen (secondary N) is 1. The van der Waals surface area contributed by atoms with E-state index in [1.165, 1.54) is 12.2 Å². The summed E-state index contributed by atoms with van der Waals surface area (Å²) in [4.78, 5) is 33.0. The molecule has 0 fully saturated rings. The number of carbonyl (C=O) groups is 3. The fourth-order valence-corrected chi connectivity index (χ4v) is 1.76. The predicted molar refractivity (Wildman–Crippen MR) is 79.6 cm³/mol. The van der Waals surface area contributed by atoms with Crippen LogP contribution in [0.4, 0.5) is 0 Å². The van der Waals surface area contributed by atoms with Crippen molar-refractivity contribution in [2.45, 2.75) is 18.9 Å². The van der Waals surface area contributed by atoms with Gasteiger partial charge in [-0.15, -0.1) is 0 Å². The lowest BCUT2D eigenvalue weighted by Gasteiger charge is -2.11. The first-order chi connectivity index (χ1) is 9.88. The Hall–Kier alpha value is -2.15. The van der Waals surface area contributed by atoms with Gasteiger partial charge in [0.15, 0.2) is 0 Å². The summed E-state index contributed by atoms with van der Waals surface area (Å²) >= 11 is 3.29. The van der Waals surface area contributed by atoms with Gasteiger partial charge in [0.05, 0.1) is 0 Å². The van der Waals surface area contributed by atoms with Crippen molar-refractivity contribution in [3.63, 3.8) is 0 Å². The van der Waals surface area contributed by atoms with Gasteiger partial charge in [-0.05, 0) is 30.2 Å². The highest BCUT2D eigenvalue weighted by Crippen LogP contribution is 2.11. The molecule has 6 nitrogen and oxygen atoms in total. The van der Waals surface area contributed by atoms with E-state index in [9.17, 15) is 14.4 Å². The van der Waals surface area contributed by atoms with Crippen LogP contribution in [0.15, 0.2) is 34.8 Å². The highest BCUT2D eigenvalue weighted by Gasteiger charge is 2.19. The quantitative estimate of drug-likeness (QED) is 0.648. The normalized spacial score (nSPS) is 12.0. The third-order valence-electron chi connectivity index (χ3n) is 2.56. The van der Waals surface area contributed by atoms with Crippen molar-refractivity contribution in [3.05, 3.63) is 40.4 Å². The number of carboxylic acids is 2. The summed E-state index contributed by atoms with van der Waals surface area (Å²) in [6.45, 7) is 0. The molecular formula is C14H14BrNO5. The standard InChI is InChI=1S/C14H14BrNO5/c15-10-4-1-9(2-5-10)3-7-12(17)16-11(14(20)21)6-8-13(18)19/h1-5,7,11H,6,8H2,(H,16,17)(H,18,19)(H,20,21)/b7-3+/t11-/m0/s1. The van der Waals surface area contributed by atoms with E-state index < -0.39 is 23.9 Å². The second-order valence-electron chi connectivity index (χ2n) is 4.22. The van der Waals surface area contributed by atoms with Crippen LogP contribution >= 0.6 is 15.9 Å². The van der Waals surface area contributed by atoms with E-state index in [0.717, 1.165) is 10.0 Å². The van der Waals surface area contributed by atoms with E-state index in [0.29, 0.717) is 0 Å². The monoisotopic (exact) mass is 355 g/mol. The van der Waals surface area contributed by atoms with Crippen molar-refractivity contribution >= 4 is 39.9 Å². The molecule has 3 N–H and O–H groups in total. The summed E-state index contributed by atoms with van der Waals surface area (Å²) in [7, 11) is 0. The van der Waals surface area contributed by atoms with Crippen molar-refractivity contribution in [1.29, 1.82) is 0 Å². The van der Waals surface area contributed by atoms with E-state index in [2.05, 4.69) is 21.2 Å². The molecule has 0 bridgehead atoms. The largest absolute Gasteiger partial charge is 0.481 e. The average Bonchev–Trinajstić information content (AvgIpc) is 2.42. The maximum Gasteiger partial charge on any atom is 0.326 e. The van der Waals surface area contributed by atoms with Gasteiger partial charge in [-0.25, -0.2) is 4.79 Å². The van der Waals surface area contributed by atoms with Gasteiger partial charge < -0.3 is 15.5 Å². The van der Waals surface area contributed by atoms with Gasteiger partial charge in [-0.1, -0.05) is 28.1 Å². The maximum atomic E-state index is 11.6. The van der Waals surface area contributed by atoms with Gasteiger partial charge in [-0.3, -0.25) is 9.59 Å². The van der Waals surface area contributed by atoms with Crippen LogP contribution in [-0.4, -0.2) is 34.1 Å². The number of amides is 1. The van der Waals surface area contributed by atoms with Crippen LogP contribution in [0, 0.1) is 0 Å². The smallest absolute Gasteiger partial charge is 0.326 e. The van der Waals surface area contributed by atoms with Gasteiger partial charge in [0, 0.05) is 17.0 Å². The average molecular weight is 356 g/mol. The number of halogens is 1. The number of hydrogen-bond acceptors (Lipinski definition) is 3. The Morgan fingerprint density at radius 2 is 1.81 bits per heavy atom. The topological polar surface area (TPSA) is 104 Å². The summed E-state index contributed by atoms with van der Waals surface area (Å²) < 4.78 is 0.906. The molecule has 1 aromatic carbocycles. The summed E-state index contributed by atoms with van der Waals surface area (Å²) in [5, 5.41) is 19.7. The molecule has 0 unspecified atom stereocenters. The molecule has 0 aromatic heterocycles. The molecule has 0 radical (unpaired) electrons. The second kappa shape index (κ2) is 8.21. The second-order valence-corrected chi connectivity index (χ2v) is 5.13. The fraction of sp³-hybridized carbons (Fsp3) is 0.214. The molecule has 1 atom stereocenters. The van der Waals surface area contributed by atoms with Gasteiger partial charge in [0.25, 0.3) is 0 Å². The van der Waals surface area contributed by atoms with Gasteiger partial charge in [0.1, 0.15) is 6.04 Å². The minimum absolute atomic E-state index is 0.164. The van der Waals surface area contributed by atoms with Gasteiger partial charge in [-0.2, -0.15) is 0 Å². The third kappa shape index (κ3) is 6.71. The molecule has 0 saturated carbocycles. The molecule has 0 spiro atoms. The molecule has 0 aliphatic heterocycles. The number of benzene rings is 1. The molecule has 112 valence electrons. The molecular weight excluding hydrogens is 342 g/mol. The first-order valence-electron chi connectivity index (χ1n) is 6.07. The lowest BCUT2D eigenvalue weighted by atomic mass is 10.1. The molecule has 0 heterocycles. The zero-order valence-electron chi connectivity index (χ0n) is 11.0. The highest BCUT2D eigenvalue weighted by atomic mass is 79.9. The molecule has 1 aromatic rings. The van der Waals surface area contributed by atoms with E-state index in [4.69, 9.17) is 10.2 Å². The number of rotatable bonds is 7. The van der Waals surface area contributed by atoms with E-state index in [1.54, 1.807) is 12.1 Å². The summed E-state index contributed by atoms with van der Waals surface area (Å²) in [5.74, 6) is -2.96. The van der Waals surface area contributed by atoms with Crippen LogP contribution < -0.4 is 5.32 Å². The minimum Gasteiger partial charge on any atom is -0.481 e. The van der Waals surface area contributed by atoms with Crippen LogP contribution in [0.25, 0.3) is 6.08 Å². The first kappa shape index (κ1) is 16.9. The van der Waals surface area contributed by atoms with Crippen LogP contribution in [0.3, 0.4) is 0 Å². The fourth-order valence-electron chi connectivity index (χ4n) is 1.49. The number of carbonyl (C=O) groups excluding carboxylic acids is 1. The first-order valence-corrected chi connectivity index (χ1v) is 6.86. The Kier molecular flexibility index (Phi) is 6.61. The van der Waals surface area contributed by atoms with E-state index in [-0.39, 0.29) is 12.8 Å². The number of hydrogen-bond donors (Lipinski definition) is 3. The Morgan fingerprint density at radius 1 is 1.19 bits per heavy atom. The van der Waals surface area contributed by atoms with Crippen LogP contribution in [0.2, 0.25) is 0 Å². The molecule has 0 saturated heterocycles. The Bertz CT molecular complexity index is 553. The van der Waals surface area contributed by atoms with Crippen molar-refractivity contribution in [2.24, 2.45) is 0 Å². The van der Waals surface area contributed by atoms with Crippen molar-refractivity contribution in [1.82, 2.24) is 5.32 Å². The van der Waals surface area contributed by atoms with Crippen LogP contribution in [0.5, 0.6) is 0 Å². The van der Waals surface area contributed by atoms with Gasteiger partial charge in [0.2, 0.25) is 5.91 Å². The minimum atomic E-state index is -1.26. The summed E-state index contributed by atoms with van der Waals surface area (Å²) in [6.07, 6.45) is 2.26. The SMILES string of the molecule is O=C(O)CC[C@H](NC(=O)/C=C/c1ccc(Br)cc1)C(=O)O. The van der Waals surface area contributed by atoms with E-state index >= 15 is 0 Å². The lowest BCUT2D eigenvalue weighted by molar-refractivity contribution is -0.142. The molecule has 21 heavy (non-hydrogen) atoms. The summed E-state index contributed by atoms with van der Waals surface area (Å²) in [6, 6.07) is 5.97. The number of carboxylic acid groups (broad SMARTS) is 2. The summed E-state index contributed by atoms with van der Waals surface area (Å²) in [5.41, 5.74) is 0.783. The zero-order valence-corrected chi connectivity index (χ0v) is 12.5. The molecule has 1 amide bonds. The molecule has 0 aliphatic rings. The highest BCUT2D eigenvalue weighted by molar-refractivity contribution is 9.10. The van der Waals surface area contributed by atoms with Crippen molar-refractivity contribution in [2.75, 3.05) is 0 Å². The Morgan fingerprint density at radius 3 is 2.33 bits per heavy atom. The van der Waals surface area contributed by atoms with Crippen LogP contribution in [-0.2, 0) is 14.4 Å².